The van der Waals surface area contributed by atoms with E-state index in [0.29, 0.717) is 11.3 Å². The van der Waals surface area contributed by atoms with E-state index in [0.717, 1.165) is 31.7 Å². The monoisotopic (exact) mass is 247 g/mol. The van der Waals surface area contributed by atoms with Crippen LogP contribution in [0.2, 0.25) is 0 Å². The van der Waals surface area contributed by atoms with Crippen molar-refractivity contribution in [2.45, 2.75) is 45.4 Å². The van der Waals surface area contributed by atoms with Crippen LogP contribution in [0.4, 0.5) is 0 Å². The van der Waals surface area contributed by atoms with Crippen molar-refractivity contribution < 1.29 is 4.74 Å². The number of benzene rings is 1. The Morgan fingerprint density at radius 3 is 2.67 bits per heavy atom. The van der Waals surface area contributed by atoms with Crippen molar-refractivity contribution in [3.63, 3.8) is 0 Å². The summed E-state index contributed by atoms with van der Waals surface area (Å²) in [6.45, 7) is 6.08. The summed E-state index contributed by atoms with van der Waals surface area (Å²) >= 11 is 0. The van der Waals surface area contributed by atoms with Gasteiger partial charge in [0, 0.05) is 5.41 Å². The first-order valence-corrected chi connectivity index (χ1v) is 7.12. The summed E-state index contributed by atoms with van der Waals surface area (Å²) in [4.78, 5) is 0. The van der Waals surface area contributed by atoms with E-state index >= 15 is 0 Å². The Bertz CT molecular complexity index is 384. The van der Waals surface area contributed by atoms with Gasteiger partial charge in [0.05, 0.1) is 6.61 Å². The molecule has 0 spiro atoms. The highest BCUT2D eigenvalue weighted by atomic mass is 16.5. The molecule has 0 radical (unpaired) electrons. The van der Waals surface area contributed by atoms with Crippen molar-refractivity contribution in [3.05, 3.63) is 29.8 Å². The third-order valence-electron chi connectivity index (χ3n) is 4.23. The highest BCUT2D eigenvalue weighted by molar-refractivity contribution is 5.36. The molecule has 100 valence electrons. The van der Waals surface area contributed by atoms with Crippen molar-refractivity contribution >= 4 is 0 Å². The molecule has 1 atom stereocenters. The molecule has 0 amide bonds. The molecule has 1 aliphatic carbocycles. The molecule has 1 fully saturated rings. The topological polar surface area (TPSA) is 35.2 Å². The first kappa shape index (κ1) is 13.4. The van der Waals surface area contributed by atoms with E-state index in [1.54, 1.807) is 0 Å². The van der Waals surface area contributed by atoms with E-state index < -0.39 is 0 Å². The fourth-order valence-corrected chi connectivity index (χ4v) is 2.42. The van der Waals surface area contributed by atoms with Gasteiger partial charge in [-0.15, -0.1) is 0 Å². The molecule has 0 saturated heterocycles. The van der Waals surface area contributed by atoms with Crippen LogP contribution < -0.4 is 10.5 Å². The number of ether oxygens (including phenoxy) is 1. The molecule has 18 heavy (non-hydrogen) atoms. The number of rotatable bonds is 7. The van der Waals surface area contributed by atoms with Gasteiger partial charge in [0.2, 0.25) is 0 Å². The summed E-state index contributed by atoms with van der Waals surface area (Å²) in [6, 6.07) is 8.44. The Kier molecular flexibility index (Phi) is 4.28. The predicted molar refractivity (Wildman–Crippen MR) is 76.0 cm³/mol. The fourth-order valence-electron chi connectivity index (χ4n) is 2.42. The lowest BCUT2D eigenvalue weighted by atomic mass is 9.97. The van der Waals surface area contributed by atoms with Crippen molar-refractivity contribution in [1.82, 2.24) is 0 Å². The second kappa shape index (κ2) is 5.75. The predicted octanol–water partition coefficient (Wildman–Crippen LogP) is 3.71. The highest BCUT2D eigenvalue weighted by Gasteiger charge is 2.42. The van der Waals surface area contributed by atoms with Crippen LogP contribution in [0.25, 0.3) is 0 Å². The first-order valence-electron chi connectivity index (χ1n) is 7.12. The van der Waals surface area contributed by atoms with Gasteiger partial charge in [-0.25, -0.2) is 0 Å². The molecule has 2 heteroatoms. The van der Waals surface area contributed by atoms with Crippen molar-refractivity contribution in [3.8, 4) is 5.75 Å². The molecular weight excluding hydrogens is 222 g/mol. The highest BCUT2D eigenvalue weighted by Crippen LogP contribution is 2.48. The van der Waals surface area contributed by atoms with Crippen LogP contribution in [0, 0.1) is 5.41 Å². The van der Waals surface area contributed by atoms with E-state index in [1.807, 2.05) is 0 Å². The quantitative estimate of drug-likeness (QED) is 0.797. The van der Waals surface area contributed by atoms with Gasteiger partial charge in [-0.2, -0.15) is 0 Å². The molecule has 1 aliphatic rings. The second-order valence-electron chi connectivity index (χ2n) is 5.67. The van der Waals surface area contributed by atoms with Crippen molar-refractivity contribution in [2.24, 2.45) is 11.1 Å². The summed E-state index contributed by atoms with van der Waals surface area (Å²) in [6.07, 6.45) is 4.79. The van der Waals surface area contributed by atoms with Crippen LogP contribution in [-0.2, 0) is 0 Å². The number of hydrogen-bond donors (Lipinski definition) is 1. The van der Waals surface area contributed by atoms with Crippen LogP contribution in [0.1, 0.15) is 51.0 Å². The maximum absolute atomic E-state index is 6.08. The maximum Gasteiger partial charge on any atom is 0.122 e. The molecule has 2 N–H and O–H groups in total. The molecular formula is C16H25NO. The van der Waals surface area contributed by atoms with Gasteiger partial charge < -0.3 is 10.5 Å². The molecule has 2 rings (SSSR count). The third kappa shape index (κ3) is 3.05. The molecule has 1 aromatic rings. The van der Waals surface area contributed by atoms with E-state index in [2.05, 4.69) is 38.1 Å². The third-order valence-corrected chi connectivity index (χ3v) is 4.23. The molecule has 1 saturated carbocycles. The Morgan fingerprint density at radius 1 is 1.33 bits per heavy atom. The Morgan fingerprint density at radius 2 is 2.06 bits per heavy atom. The smallest absolute Gasteiger partial charge is 0.122 e. The summed E-state index contributed by atoms with van der Waals surface area (Å²) in [5.41, 5.74) is 7.39. The molecule has 0 heterocycles. The molecule has 2 nitrogen and oxygen atoms in total. The number of nitrogens with two attached hydrogens (primary N) is 1. The van der Waals surface area contributed by atoms with Crippen LogP contribution in [-0.4, -0.2) is 13.2 Å². The minimum atomic E-state index is 0.386. The number of hydrogen-bond acceptors (Lipinski definition) is 2. The molecule has 1 aromatic carbocycles. The van der Waals surface area contributed by atoms with E-state index in [1.165, 1.54) is 18.4 Å². The lowest BCUT2D eigenvalue weighted by Crippen LogP contribution is -2.18. The van der Waals surface area contributed by atoms with Gasteiger partial charge in [-0.05, 0) is 49.8 Å². The van der Waals surface area contributed by atoms with E-state index in [4.69, 9.17) is 10.5 Å². The van der Waals surface area contributed by atoms with Crippen molar-refractivity contribution in [1.29, 1.82) is 0 Å². The standard InChI is InChI=1S/C16H25NO/c1-3-13(2)14-6-4-5-7-15(14)18-12-16(8-9-16)10-11-17/h4-7,13H,3,8-12,17H2,1-2H3. The molecule has 1 unspecified atom stereocenters. The van der Waals surface area contributed by atoms with Gasteiger partial charge in [-0.3, -0.25) is 0 Å². The Hall–Kier alpha value is -1.02. The zero-order valence-corrected chi connectivity index (χ0v) is 11.6. The van der Waals surface area contributed by atoms with E-state index in [9.17, 15) is 0 Å². The lowest BCUT2D eigenvalue weighted by molar-refractivity contribution is 0.224. The zero-order valence-electron chi connectivity index (χ0n) is 11.6. The molecule has 0 aliphatic heterocycles. The molecule has 0 bridgehead atoms. The van der Waals surface area contributed by atoms with Crippen LogP contribution in [0.15, 0.2) is 24.3 Å². The van der Waals surface area contributed by atoms with Crippen LogP contribution >= 0.6 is 0 Å². The average Bonchev–Trinajstić information content (AvgIpc) is 3.16. The Labute approximate surface area is 111 Å². The summed E-state index contributed by atoms with van der Waals surface area (Å²) in [5, 5.41) is 0. The summed E-state index contributed by atoms with van der Waals surface area (Å²) < 4.78 is 6.08. The van der Waals surface area contributed by atoms with E-state index in [-0.39, 0.29) is 0 Å². The average molecular weight is 247 g/mol. The Balaban J connectivity index is 2.01. The van der Waals surface area contributed by atoms with Gasteiger partial charge in [0.1, 0.15) is 5.75 Å². The second-order valence-corrected chi connectivity index (χ2v) is 5.67. The van der Waals surface area contributed by atoms with Gasteiger partial charge in [0.25, 0.3) is 0 Å². The molecule has 0 aromatic heterocycles. The summed E-state index contributed by atoms with van der Waals surface area (Å²) in [5.74, 6) is 1.63. The van der Waals surface area contributed by atoms with Crippen LogP contribution in [0.3, 0.4) is 0 Å². The van der Waals surface area contributed by atoms with Gasteiger partial charge in [0.15, 0.2) is 0 Å². The van der Waals surface area contributed by atoms with Crippen LogP contribution in [0.5, 0.6) is 5.75 Å². The normalized spacial score (nSPS) is 18.4. The van der Waals surface area contributed by atoms with Gasteiger partial charge in [-0.1, -0.05) is 32.0 Å². The number of para-hydroxylation sites is 1. The summed E-state index contributed by atoms with van der Waals surface area (Å²) in [7, 11) is 0. The lowest BCUT2D eigenvalue weighted by Gasteiger charge is -2.19. The van der Waals surface area contributed by atoms with Crippen molar-refractivity contribution in [2.75, 3.05) is 13.2 Å². The van der Waals surface area contributed by atoms with Gasteiger partial charge >= 0.3 is 0 Å². The zero-order chi connectivity index (χ0) is 13.0. The maximum atomic E-state index is 6.08. The first-order chi connectivity index (χ1) is 8.71. The SMILES string of the molecule is CCC(C)c1ccccc1OCC1(CCN)CC1. The largest absolute Gasteiger partial charge is 0.493 e. The fraction of sp³-hybridized carbons (Fsp3) is 0.625. The minimum Gasteiger partial charge on any atom is -0.493 e. The minimum absolute atomic E-state index is 0.386.